The van der Waals surface area contributed by atoms with E-state index in [2.05, 4.69) is 5.32 Å². The van der Waals surface area contributed by atoms with Gasteiger partial charge in [0, 0.05) is 19.2 Å². The summed E-state index contributed by atoms with van der Waals surface area (Å²) in [6, 6.07) is 4.18. The second-order valence-electron chi connectivity index (χ2n) is 6.19. The number of nitrogens with zero attached hydrogens (tertiary/aromatic N) is 1. The monoisotopic (exact) mass is 400 g/mol. The highest BCUT2D eigenvalue weighted by molar-refractivity contribution is 7.89. The van der Waals surface area contributed by atoms with Crippen LogP contribution in [0.5, 0.6) is 5.75 Å². The van der Waals surface area contributed by atoms with Crippen LogP contribution in [-0.4, -0.2) is 64.6 Å². The minimum Gasteiger partial charge on any atom is -0.495 e. The molecular formula is C17H24N2O7S. The van der Waals surface area contributed by atoms with Crippen molar-refractivity contribution in [3.05, 3.63) is 18.2 Å². The molecule has 2 rings (SSSR count). The van der Waals surface area contributed by atoms with Crippen LogP contribution < -0.4 is 10.1 Å². The van der Waals surface area contributed by atoms with Crippen molar-refractivity contribution >= 4 is 27.6 Å². The van der Waals surface area contributed by atoms with Gasteiger partial charge in [-0.15, -0.1) is 0 Å². The van der Waals surface area contributed by atoms with E-state index in [0.717, 1.165) is 0 Å². The largest absolute Gasteiger partial charge is 0.495 e. The van der Waals surface area contributed by atoms with Gasteiger partial charge in [0.1, 0.15) is 5.75 Å². The first kappa shape index (κ1) is 21.1. The van der Waals surface area contributed by atoms with Gasteiger partial charge in [0.15, 0.2) is 6.61 Å². The number of hydrogen-bond acceptors (Lipinski definition) is 7. The average Bonchev–Trinajstić information content (AvgIpc) is 2.66. The quantitative estimate of drug-likeness (QED) is 0.676. The van der Waals surface area contributed by atoms with Crippen LogP contribution in [0.3, 0.4) is 0 Å². The maximum Gasteiger partial charge on any atom is 0.308 e. The molecule has 10 heteroatoms. The van der Waals surface area contributed by atoms with Crippen molar-refractivity contribution in [2.75, 3.05) is 45.3 Å². The third-order valence-corrected chi connectivity index (χ3v) is 5.77. The van der Waals surface area contributed by atoms with Crippen LogP contribution in [0.1, 0.15) is 13.8 Å². The molecule has 1 N–H and O–H groups in total. The number of carbonyl (C=O) groups is 2. The lowest BCUT2D eigenvalue weighted by molar-refractivity contribution is -0.150. The van der Waals surface area contributed by atoms with Gasteiger partial charge in [0.2, 0.25) is 10.0 Å². The molecule has 27 heavy (non-hydrogen) atoms. The molecule has 1 aliphatic heterocycles. The second kappa shape index (κ2) is 9.16. The zero-order valence-corrected chi connectivity index (χ0v) is 16.4. The predicted octanol–water partition coefficient (Wildman–Crippen LogP) is 0.854. The summed E-state index contributed by atoms with van der Waals surface area (Å²) in [6.45, 7) is 4.15. The first-order valence-corrected chi connectivity index (χ1v) is 9.92. The maximum atomic E-state index is 12.7. The summed E-state index contributed by atoms with van der Waals surface area (Å²) >= 11 is 0. The topological polar surface area (TPSA) is 111 Å². The van der Waals surface area contributed by atoms with Crippen LogP contribution in [0.4, 0.5) is 5.69 Å². The molecule has 9 nitrogen and oxygen atoms in total. The Kier molecular flexibility index (Phi) is 7.17. The Morgan fingerprint density at radius 1 is 1.26 bits per heavy atom. The number of sulfonamides is 1. The number of anilines is 1. The molecule has 0 bridgehead atoms. The summed E-state index contributed by atoms with van der Waals surface area (Å²) in [5.74, 6) is -1.18. The first-order valence-electron chi connectivity index (χ1n) is 8.48. The Hall–Kier alpha value is -2.17. The number of benzene rings is 1. The number of rotatable bonds is 7. The molecule has 1 heterocycles. The van der Waals surface area contributed by atoms with Crippen LogP contribution in [0.25, 0.3) is 0 Å². The fourth-order valence-corrected chi connectivity index (χ4v) is 3.78. The van der Waals surface area contributed by atoms with Crippen LogP contribution in [-0.2, 0) is 29.1 Å². The van der Waals surface area contributed by atoms with Crippen LogP contribution >= 0.6 is 0 Å². The smallest absolute Gasteiger partial charge is 0.308 e. The van der Waals surface area contributed by atoms with Gasteiger partial charge in [-0.25, -0.2) is 8.42 Å². The van der Waals surface area contributed by atoms with E-state index in [9.17, 15) is 18.0 Å². The fraction of sp³-hybridized carbons (Fsp3) is 0.529. The molecule has 1 aromatic carbocycles. The van der Waals surface area contributed by atoms with Gasteiger partial charge in [-0.3, -0.25) is 9.59 Å². The Labute approximate surface area is 158 Å². The molecular weight excluding hydrogens is 376 g/mol. The van der Waals surface area contributed by atoms with E-state index in [0.29, 0.717) is 13.2 Å². The summed E-state index contributed by atoms with van der Waals surface area (Å²) in [6.07, 6.45) is 0. The van der Waals surface area contributed by atoms with Gasteiger partial charge in [0.05, 0.1) is 36.8 Å². The van der Waals surface area contributed by atoms with E-state index >= 15 is 0 Å². The summed E-state index contributed by atoms with van der Waals surface area (Å²) in [4.78, 5) is 23.4. The van der Waals surface area contributed by atoms with Crippen molar-refractivity contribution in [3.8, 4) is 5.75 Å². The molecule has 1 aromatic rings. The number of methoxy groups -OCH3 is 1. The minimum absolute atomic E-state index is 0.0606. The summed E-state index contributed by atoms with van der Waals surface area (Å²) in [5.41, 5.74) is 0.282. The molecule has 0 atom stereocenters. The highest BCUT2D eigenvalue weighted by Gasteiger charge is 2.27. The molecule has 0 unspecified atom stereocenters. The maximum absolute atomic E-state index is 12.7. The van der Waals surface area contributed by atoms with Crippen LogP contribution in [0.2, 0.25) is 0 Å². The van der Waals surface area contributed by atoms with Gasteiger partial charge in [-0.1, -0.05) is 13.8 Å². The Bertz CT molecular complexity index is 786. The molecule has 0 aliphatic carbocycles. The zero-order chi connectivity index (χ0) is 20.0. The standard InChI is InChI=1S/C17H24N2O7S/c1-12(2)17(21)26-11-16(20)18-14-5-4-13(10-15(14)24-3)27(22,23)19-6-8-25-9-7-19/h4-5,10,12H,6-9,11H2,1-3H3,(H,18,20). The predicted molar refractivity (Wildman–Crippen MR) is 97.0 cm³/mol. The first-order chi connectivity index (χ1) is 12.8. The van der Waals surface area contributed by atoms with Gasteiger partial charge in [-0.2, -0.15) is 4.31 Å². The number of morpholine rings is 1. The Balaban J connectivity index is 2.11. The van der Waals surface area contributed by atoms with Crippen molar-refractivity contribution in [2.45, 2.75) is 18.7 Å². The highest BCUT2D eigenvalue weighted by atomic mass is 32.2. The van der Waals surface area contributed by atoms with Crippen LogP contribution in [0.15, 0.2) is 23.1 Å². The molecule has 1 amide bonds. The molecule has 1 fully saturated rings. The molecule has 1 aliphatic rings. The number of amides is 1. The number of carbonyl (C=O) groups excluding carboxylic acids is 2. The SMILES string of the molecule is COc1cc(S(=O)(=O)N2CCOCC2)ccc1NC(=O)COC(=O)C(C)C. The molecule has 1 saturated heterocycles. The summed E-state index contributed by atoms with van der Waals surface area (Å²) in [5, 5.41) is 2.54. The lowest BCUT2D eigenvalue weighted by atomic mass is 10.2. The third kappa shape index (κ3) is 5.41. The summed E-state index contributed by atoms with van der Waals surface area (Å²) in [7, 11) is -2.31. The van der Waals surface area contributed by atoms with Crippen LogP contribution in [0, 0.1) is 5.92 Å². The molecule has 150 valence electrons. The summed E-state index contributed by atoms with van der Waals surface area (Å²) < 4.78 is 42.0. The van der Waals surface area contributed by atoms with E-state index in [1.807, 2.05) is 0 Å². The Morgan fingerprint density at radius 2 is 1.93 bits per heavy atom. The van der Waals surface area contributed by atoms with E-state index < -0.39 is 28.5 Å². The van der Waals surface area contributed by atoms with Crippen molar-refractivity contribution < 1.29 is 32.2 Å². The van der Waals surface area contributed by atoms with Gasteiger partial charge < -0.3 is 19.5 Å². The minimum atomic E-state index is -3.68. The number of hydrogen-bond donors (Lipinski definition) is 1. The van der Waals surface area contributed by atoms with Gasteiger partial charge in [0.25, 0.3) is 5.91 Å². The molecule has 0 spiro atoms. The van der Waals surface area contributed by atoms with E-state index in [-0.39, 0.29) is 35.3 Å². The van der Waals surface area contributed by atoms with Gasteiger partial charge in [-0.05, 0) is 12.1 Å². The second-order valence-corrected chi connectivity index (χ2v) is 8.13. The number of nitrogens with one attached hydrogen (secondary N) is 1. The van der Waals surface area contributed by atoms with E-state index in [1.165, 1.54) is 29.6 Å². The van der Waals surface area contributed by atoms with Crippen molar-refractivity contribution in [1.29, 1.82) is 0 Å². The van der Waals surface area contributed by atoms with Crippen molar-refractivity contribution in [2.24, 2.45) is 5.92 Å². The lowest BCUT2D eigenvalue weighted by Crippen LogP contribution is -2.40. The number of ether oxygens (including phenoxy) is 3. The van der Waals surface area contributed by atoms with Crippen molar-refractivity contribution in [1.82, 2.24) is 4.31 Å². The Morgan fingerprint density at radius 3 is 2.52 bits per heavy atom. The third-order valence-electron chi connectivity index (χ3n) is 3.87. The molecule has 0 saturated carbocycles. The average molecular weight is 400 g/mol. The van der Waals surface area contributed by atoms with Crippen molar-refractivity contribution in [3.63, 3.8) is 0 Å². The van der Waals surface area contributed by atoms with E-state index in [4.69, 9.17) is 14.2 Å². The zero-order valence-electron chi connectivity index (χ0n) is 15.6. The lowest BCUT2D eigenvalue weighted by Gasteiger charge is -2.26. The normalized spacial score (nSPS) is 15.4. The molecule has 0 radical (unpaired) electrons. The van der Waals surface area contributed by atoms with Gasteiger partial charge >= 0.3 is 5.97 Å². The van der Waals surface area contributed by atoms with E-state index in [1.54, 1.807) is 13.8 Å². The highest BCUT2D eigenvalue weighted by Crippen LogP contribution is 2.29. The molecule has 0 aromatic heterocycles. The number of esters is 1. The fourth-order valence-electron chi connectivity index (χ4n) is 2.36.